The van der Waals surface area contributed by atoms with Gasteiger partial charge < -0.3 is 4.57 Å². The summed E-state index contributed by atoms with van der Waals surface area (Å²) in [7, 11) is 2.09. The molecule has 8 aromatic carbocycles. The van der Waals surface area contributed by atoms with E-state index in [9.17, 15) is 0 Å². The SMILES string of the molecule is Cn1c(-c2ccc(-c3ccc4cc5c(cc4c3)C3(c4ccccc4-c4ccccc43)c3cc4ccccc4cc3-5)cc2)nc2ccccc21. The molecule has 0 aliphatic heterocycles. The minimum Gasteiger partial charge on any atom is -0.327 e. The monoisotopic (exact) mass is 622 g/mol. The molecule has 2 nitrogen and oxygen atoms in total. The number of aryl methyl sites for hydroxylation is 1. The Kier molecular flexibility index (Phi) is 5.28. The van der Waals surface area contributed by atoms with Crippen molar-refractivity contribution >= 4 is 32.6 Å². The molecule has 1 aromatic heterocycles. The third kappa shape index (κ3) is 3.53. The van der Waals surface area contributed by atoms with Crippen LogP contribution >= 0.6 is 0 Å². The van der Waals surface area contributed by atoms with Crippen molar-refractivity contribution in [2.75, 3.05) is 0 Å². The summed E-state index contributed by atoms with van der Waals surface area (Å²) in [6.07, 6.45) is 0. The van der Waals surface area contributed by atoms with Crippen LogP contribution in [0.1, 0.15) is 22.3 Å². The van der Waals surface area contributed by atoms with E-state index in [0.29, 0.717) is 0 Å². The van der Waals surface area contributed by atoms with Gasteiger partial charge in [-0.05, 0) is 120 Å². The molecule has 2 aliphatic rings. The summed E-state index contributed by atoms with van der Waals surface area (Å²) in [5.74, 6) is 0.983. The molecule has 9 aromatic rings. The first-order valence-electron chi connectivity index (χ1n) is 17.0. The van der Waals surface area contributed by atoms with E-state index >= 15 is 0 Å². The van der Waals surface area contributed by atoms with E-state index in [1.807, 2.05) is 6.07 Å². The van der Waals surface area contributed by atoms with Gasteiger partial charge >= 0.3 is 0 Å². The summed E-state index contributed by atoms with van der Waals surface area (Å²) in [6, 6.07) is 60.8. The predicted molar refractivity (Wildman–Crippen MR) is 203 cm³/mol. The summed E-state index contributed by atoms with van der Waals surface area (Å²) in [4.78, 5) is 4.92. The van der Waals surface area contributed by atoms with Gasteiger partial charge in [-0.25, -0.2) is 4.98 Å². The van der Waals surface area contributed by atoms with Crippen LogP contribution in [0.25, 0.3) is 77.3 Å². The Bertz CT molecular complexity index is 2790. The smallest absolute Gasteiger partial charge is 0.140 e. The molecule has 1 spiro atoms. The van der Waals surface area contributed by atoms with Gasteiger partial charge in [0.15, 0.2) is 0 Å². The maximum absolute atomic E-state index is 4.92. The van der Waals surface area contributed by atoms with Crippen molar-refractivity contribution < 1.29 is 0 Å². The molecular weight excluding hydrogens is 593 g/mol. The van der Waals surface area contributed by atoms with Crippen LogP contribution in [0.4, 0.5) is 0 Å². The molecule has 2 aliphatic carbocycles. The van der Waals surface area contributed by atoms with Gasteiger partial charge in [0.25, 0.3) is 0 Å². The number of hydrogen-bond acceptors (Lipinski definition) is 1. The van der Waals surface area contributed by atoms with Crippen LogP contribution in [-0.2, 0) is 12.5 Å². The quantitative estimate of drug-likeness (QED) is 0.188. The van der Waals surface area contributed by atoms with Crippen LogP contribution < -0.4 is 0 Å². The zero-order valence-electron chi connectivity index (χ0n) is 27.0. The standard InChI is InChI=1S/C47H30N2/c1-49-45-17-9-8-16-44(45)48-46(49)30-20-18-29(19-21-30)33-22-23-34-26-39-38-25-31-10-2-3-11-32(31)27-42(38)47(43(39)28-35(34)24-33)40-14-6-4-12-36(40)37-13-5-7-15-41(37)47/h2-28H,1H3. The molecule has 0 fully saturated rings. The first kappa shape index (κ1) is 26.8. The molecule has 0 unspecified atom stereocenters. The van der Waals surface area contributed by atoms with Crippen molar-refractivity contribution in [3.63, 3.8) is 0 Å². The second-order valence-electron chi connectivity index (χ2n) is 13.6. The van der Waals surface area contributed by atoms with Crippen molar-refractivity contribution in [1.29, 1.82) is 0 Å². The largest absolute Gasteiger partial charge is 0.327 e. The van der Waals surface area contributed by atoms with Gasteiger partial charge in [-0.15, -0.1) is 0 Å². The highest BCUT2D eigenvalue weighted by molar-refractivity contribution is 6.03. The molecule has 0 saturated heterocycles. The highest BCUT2D eigenvalue weighted by atomic mass is 15.1. The van der Waals surface area contributed by atoms with E-state index < -0.39 is 0 Å². The van der Waals surface area contributed by atoms with Crippen LogP contribution in [0.2, 0.25) is 0 Å². The minimum absolute atomic E-state index is 0.376. The van der Waals surface area contributed by atoms with E-state index in [2.05, 4.69) is 169 Å². The maximum atomic E-state index is 4.92. The van der Waals surface area contributed by atoms with Crippen molar-refractivity contribution in [3.8, 4) is 44.8 Å². The lowest BCUT2D eigenvalue weighted by atomic mass is 9.70. The molecule has 0 atom stereocenters. The molecule has 2 heteroatoms. The summed E-state index contributed by atoms with van der Waals surface area (Å²) < 4.78 is 2.18. The molecular formula is C47H30N2. The van der Waals surface area contributed by atoms with E-state index in [1.165, 1.54) is 77.2 Å². The Morgan fingerprint density at radius 1 is 0.408 bits per heavy atom. The lowest BCUT2D eigenvalue weighted by Gasteiger charge is -2.30. The summed E-state index contributed by atoms with van der Waals surface area (Å²) in [5, 5.41) is 5.08. The molecule has 0 bridgehead atoms. The molecule has 0 saturated carbocycles. The summed E-state index contributed by atoms with van der Waals surface area (Å²) in [6.45, 7) is 0. The number of hydrogen-bond donors (Lipinski definition) is 0. The third-order valence-corrected chi connectivity index (χ3v) is 11.2. The second-order valence-corrected chi connectivity index (χ2v) is 13.6. The van der Waals surface area contributed by atoms with Crippen LogP contribution in [-0.4, -0.2) is 9.55 Å². The molecule has 0 N–H and O–H groups in total. The fraction of sp³-hybridized carbons (Fsp3) is 0.0426. The lowest BCUT2D eigenvalue weighted by molar-refractivity contribution is 0.796. The highest BCUT2D eigenvalue weighted by Gasteiger charge is 2.51. The van der Waals surface area contributed by atoms with Crippen LogP contribution in [0.15, 0.2) is 164 Å². The zero-order chi connectivity index (χ0) is 32.3. The van der Waals surface area contributed by atoms with Gasteiger partial charge in [0.1, 0.15) is 5.82 Å². The third-order valence-electron chi connectivity index (χ3n) is 11.2. The number of imidazole rings is 1. The predicted octanol–water partition coefficient (Wildman–Crippen LogP) is 11.6. The van der Waals surface area contributed by atoms with Gasteiger partial charge in [-0.3, -0.25) is 0 Å². The Hall–Kier alpha value is -6.25. The van der Waals surface area contributed by atoms with Gasteiger partial charge in [-0.1, -0.05) is 121 Å². The Morgan fingerprint density at radius 3 is 1.63 bits per heavy atom. The first-order chi connectivity index (χ1) is 24.2. The molecule has 0 amide bonds. The van der Waals surface area contributed by atoms with E-state index in [0.717, 1.165) is 22.4 Å². The van der Waals surface area contributed by atoms with E-state index in [1.54, 1.807) is 0 Å². The number of aromatic nitrogens is 2. The number of nitrogens with zero attached hydrogens (tertiary/aromatic N) is 2. The summed E-state index contributed by atoms with van der Waals surface area (Å²) in [5.41, 5.74) is 16.2. The van der Waals surface area contributed by atoms with Crippen LogP contribution in [0.5, 0.6) is 0 Å². The minimum atomic E-state index is -0.376. The first-order valence-corrected chi connectivity index (χ1v) is 17.0. The Labute approximate surface area is 284 Å². The van der Waals surface area contributed by atoms with Crippen molar-refractivity contribution in [2.45, 2.75) is 5.41 Å². The van der Waals surface area contributed by atoms with Gasteiger partial charge in [-0.2, -0.15) is 0 Å². The average Bonchev–Trinajstić information content (AvgIpc) is 3.76. The van der Waals surface area contributed by atoms with E-state index in [4.69, 9.17) is 4.98 Å². The second kappa shape index (κ2) is 9.65. The molecule has 228 valence electrons. The van der Waals surface area contributed by atoms with Gasteiger partial charge in [0, 0.05) is 12.6 Å². The number of para-hydroxylation sites is 2. The van der Waals surface area contributed by atoms with E-state index in [-0.39, 0.29) is 5.41 Å². The van der Waals surface area contributed by atoms with Gasteiger partial charge in [0.2, 0.25) is 0 Å². The van der Waals surface area contributed by atoms with Crippen LogP contribution in [0, 0.1) is 0 Å². The number of benzene rings is 8. The number of rotatable bonds is 2. The Balaban J connectivity index is 1.11. The average molecular weight is 623 g/mol. The van der Waals surface area contributed by atoms with Crippen LogP contribution in [0.3, 0.4) is 0 Å². The fourth-order valence-electron chi connectivity index (χ4n) is 8.96. The fourth-order valence-corrected chi connectivity index (χ4v) is 8.96. The maximum Gasteiger partial charge on any atom is 0.140 e. The topological polar surface area (TPSA) is 17.8 Å². The van der Waals surface area contributed by atoms with Crippen molar-refractivity contribution in [1.82, 2.24) is 9.55 Å². The lowest BCUT2D eigenvalue weighted by Crippen LogP contribution is -2.25. The Morgan fingerprint density at radius 2 is 0.939 bits per heavy atom. The number of fused-ring (bicyclic) bond motifs is 13. The van der Waals surface area contributed by atoms with Crippen molar-refractivity contribution in [2.24, 2.45) is 7.05 Å². The summed E-state index contributed by atoms with van der Waals surface area (Å²) >= 11 is 0. The van der Waals surface area contributed by atoms with Gasteiger partial charge in [0.05, 0.1) is 16.4 Å². The zero-order valence-corrected chi connectivity index (χ0v) is 27.0. The molecule has 49 heavy (non-hydrogen) atoms. The normalized spacial score (nSPS) is 13.6. The van der Waals surface area contributed by atoms with Crippen molar-refractivity contribution in [3.05, 3.63) is 186 Å². The molecule has 1 heterocycles. The highest BCUT2D eigenvalue weighted by Crippen LogP contribution is 2.63. The molecule has 11 rings (SSSR count). The molecule has 0 radical (unpaired) electrons.